The zero-order chi connectivity index (χ0) is 49.1. The molecule has 13 nitrogen and oxygen atoms in total. The van der Waals surface area contributed by atoms with Crippen molar-refractivity contribution >= 4 is 74.2 Å². The highest BCUT2D eigenvalue weighted by Gasteiger charge is 2.25. The van der Waals surface area contributed by atoms with Crippen molar-refractivity contribution in [2.75, 3.05) is 19.4 Å². The van der Waals surface area contributed by atoms with Gasteiger partial charge >= 0.3 is 0 Å². The first-order chi connectivity index (χ1) is 31.2. The molecule has 5 aromatic rings. The van der Waals surface area contributed by atoms with Crippen molar-refractivity contribution in [2.24, 2.45) is 17.6 Å². The van der Waals surface area contributed by atoms with Crippen LogP contribution in [0.25, 0.3) is 11.3 Å². The lowest BCUT2D eigenvalue weighted by Gasteiger charge is -2.16. The standard InChI is InChI=1S/C25H27ClN2O4.C23H25BrClNO4.C2H5NO/c1-15(2)32-24-10-9-19(12-21(24)26)23(29)13-20(25(30)27-4)11-17-5-7-18(8-6-17)22-14-31-16(3)28-22;1-14(2)30-22-9-8-17(11-19(22)25)20(27)12-18(23(29)26-3)10-15-4-6-16(7-5-15)21(28)13-24;1-2(3)4/h5-10,12,14-15,20H,11,13H2,1-4H3,(H,27,30);4-9,11,14,18H,10,12-13H2,1-3H3,(H,26,29);1H3,(H2,3,4). The molecule has 66 heavy (non-hydrogen) atoms. The lowest BCUT2D eigenvalue weighted by molar-refractivity contribution is -0.125. The van der Waals surface area contributed by atoms with Crippen LogP contribution in [-0.4, -0.2) is 71.7 Å². The number of aromatic nitrogens is 1. The molecule has 2 unspecified atom stereocenters. The van der Waals surface area contributed by atoms with Crippen molar-refractivity contribution in [3.63, 3.8) is 0 Å². The summed E-state index contributed by atoms with van der Waals surface area (Å²) in [5, 5.41) is 6.28. The summed E-state index contributed by atoms with van der Waals surface area (Å²) >= 11 is 15.7. The van der Waals surface area contributed by atoms with Crippen LogP contribution in [0.2, 0.25) is 10.0 Å². The van der Waals surface area contributed by atoms with Gasteiger partial charge in [-0.25, -0.2) is 4.98 Å². The number of carbonyl (C=O) groups excluding carboxylic acids is 6. The minimum absolute atomic E-state index is 0.0126. The van der Waals surface area contributed by atoms with Crippen molar-refractivity contribution in [2.45, 2.75) is 79.4 Å². The number of Topliss-reactive ketones (excluding diaryl/α,β-unsaturated/α-hetero) is 3. The summed E-state index contributed by atoms with van der Waals surface area (Å²) in [6.45, 7) is 10.7. The van der Waals surface area contributed by atoms with Crippen LogP contribution in [0.1, 0.15) is 95.6 Å². The van der Waals surface area contributed by atoms with Gasteiger partial charge in [-0.15, -0.1) is 0 Å². The molecule has 0 aliphatic heterocycles. The molecule has 0 fully saturated rings. The maximum Gasteiger partial charge on any atom is 0.223 e. The summed E-state index contributed by atoms with van der Waals surface area (Å²) in [4.78, 5) is 75.8. The normalized spacial score (nSPS) is 11.5. The second-order valence-corrected chi connectivity index (χ2v) is 17.1. The monoisotopic (exact) mass is 1010 g/mol. The Balaban J connectivity index is 0.000000325. The molecule has 0 aliphatic carbocycles. The molecule has 1 heterocycles. The van der Waals surface area contributed by atoms with Gasteiger partial charge in [0.05, 0.1) is 27.6 Å². The second kappa shape index (κ2) is 27.0. The summed E-state index contributed by atoms with van der Waals surface area (Å²) < 4.78 is 16.5. The van der Waals surface area contributed by atoms with Gasteiger partial charge in [0.15, 0.2) is 23.2 Å². The summed E-state index contributed by atoms with van der Waals surface area (Å²) in [5.41, 5.74) is 9.47. The lowest BCUT2D eigenvalue weighted by Crippen LogP contribution is -2.30. The number of nitrogens with two attached hydrogens (primary N) is 1. The Morgan fingerprint density at radius 3 is 1.39 bits per heavy atom. The third-order valence-corrected chi connectivity index (χ3v) is 10.7. The van der Waals surface area contributed by atoms with Gasteiger partial charge in [-0.3, -0.25) is 28.8 Å². The largest absolute Gasteiger partial charge is 0.489 e. The molecule has 0 saturated heterocycles. The molecule has 4 aromatic carbocycles. The minimum atomic E-state index is -0.536. The molecular formula is C50H57BrCl2N4O9. The molecule has 352 valence electrons. The number of ketones is 3. The van der Waals surface area contributed by atoms with Gasteiger partial charge in [0.2, 0.25) is 17.7 Å². The number of hydrogen-bond acceptors (Lipinski definition) is 10. The second-order valence-electron chi connectivity index (χ2n) is 15.7. The number of halogens is 3. The Labute approximate surface area is 404 Å². The number of hydrogen-bond donors (Lipinski definition) is 3. The number of primary amides is 1. The number of alkyl halides is 1. The highest BCUT2D eigenvalue weighted by molar-refractivity contribution is 9.09. The van der Waals surface area contributed by atoms with E-state index in [0.717, 1.165) is 22.4 Å². The number of ether oxygens (including phenoxy) is 2. The van der Waals surface area contributed by atoms with E-state index in [2.05, 4.69) is 37.3 Å². The molecule has 2 atom stereocenters. The predicted molar refractivity (Wildman–Crippen MR) is 261 cm³/mol. The lowest BCUT2D eigenvalue weighted by atomic mass is 9.91. The van der Waals surface area contributed by atoms with Crippen LogP contribution in [0.3, 0.4) is 0 Å². The fraction of sp³-hybridized carbons (Fsp3) is 0.340. The minimum Gasteiger partial charge on any atom is -0.489 e. The topological polar surface area (TPSA) is 197 Å². The molecule has 0 aliphatic rings. The van der Waals surface area contributed by atoms with Crippen LogP contribution in [-0.2, 0) is 27.2 Å². The number of rotatable bonds is 19. The highest BCUT2D eigenvalue weighted by atomic mass is 79.9. The summed E-state index contributed by atoms with van der Waals surface area (Å²) in [6, 6.07) is 24.7. The first kappa shape index (κ1) is 54.5. The van der Waals surface area contributed by atoms with E-state index < -0.39 is 11.8 Å². The Hall–Kier alpha value is -5.83. The summed E-state index contributed by atoms with van der Waals surface area (Å²) in [5.74, 6) is -0.446. The van der Waals surface area contributed by atoms with Crippen molar-refractivity contribution in [1.82, 2.24) is 15.6 Å². The Morgan fingerprint density at radius 2 is 1.06 bits per heavy atom. The highest BCUT2D eigenvalue weighted by Crippen LogP contribution is 2.30. The van der Waals surface area contributed by atoms with Gasteiger partial charge in [0, 0.05) is 74.9 Å². The summed E-state index contributed by atoms with van der Waals surface area (Å²) in [7, 11) is 3.12. The fourth-order valence-corrected chi connectivity index (χ4v) is 7.21. The molecule has 0 spiro atoms. The van der Waals surface area contributed by atoms with E-state index >= 15 is 0 Å². The van der Waals surface area contributed by atoms with Gasteiger partial charge in [-0.05, 0) is 88.1 Å². The molecular weight excluding hydrogens is 951 g/mol. The number of nitrogens with zero attached hydrogens (tertiary/aromatic N) is 1. The van der Waals surface area contributed by atoms with E-state index in [1.807, 2.05) is 64.1 Å². The smallest absolute Gasteiger partial charge is 0.223 e. The molecule has 0 bridgehead atoms. The van der Waals surface area contributed by atoms with Gasteiger partial charge in [-0.1, -0.05) is 87.7 Å². The Kier molecular flexibility index (Phi) is 22.3. The van der Waals surface area contributed by atoms with Gasteiger partial charge in [-0.2, -0.15) is 0 Å². The quantitative estimate of drug-likeness (QED) is 0.0529. The van der Waals surface area contributed by atoms with Crippen LogP contribution in [0.5, 0.6) is 11.5 Å². The first-order valence-corrected chi connectivity index (χ1v) is 23.0. The third-order valence-electron chi connectivity index (χ3n) is 9.56. The maximum absolute atomic E-state index is 12.9. The molecule has 0 saturated carbocycles. The predicted octanol–water partition coefficient (Wildman–Crippen LogP) is 9.64. The molecule has 4 N–H and O–H groups in total. The number of benzene rings is 4. The number of aryl methyl sites for hydroxylation is 1. The average Bonchev–Trinajstić information content (AvgIpc) is 3.72. The first-order valence-electron chi connectivity index (χ1n) is 21.1. The van der Waals surface area contributed by atoms with Crippen LogP contribution < -0.4 is 25.8 Å². The third kappa shape index (κ3) is 17.9. The Morgan fingerprint density at radius 1 is 0.667 bits per heavy atom. The molecule has 1 aromatic heterocycles. The number of amides is 3. The van der Waals surface area contributed by atoms with E-state index in [9.17, 15) is 28.8 Å². The van der Waals surface area contributed by atoms with Crippen LogP contribution >= 0.6 is 39.1 Å². The van der Waals surface area contributed by atoms with E-state index in [1.54, 1.807) is 75.8 Å². The van der Waals surface area contributed by atoms with E-state index in [0.29, 0.717) is 57.0 Å². The van der Waals surface area contributed by atoms with Crippen molar-refractivity contribution in [1.29, 1.82) is 0 Å². The van der Waals surface area contributed by atoms with Crippen LogP contribution in [0.4, 0.5) is 0 Å². The fourth-order valence-electron chi connectivity index (χ4n) is 6.43. The van der Waals surface area contributed by atoms with Crippen LogP contribution in [0.15, 0.2) is 95.6 Å². The Bertz CT molecular complexity index is 2430. The maximum atomic E-state index is 12.9. The van der Waals surface area contributed by atoms with Crippen LogP contribution in [0, 0.1) is 18.8 Å². The number of carbonyl (C=O) groups is 6. The molecule has 16 heteroatoms. The van der Waals surface area contributed by atoms with Crippen molar-refractivity contribution in [3.8, 4) is 22.8 Å². The van der Waals surface area contributed by atoms with E-state index in [1.165, 1.54) is 6.92 Å². The van der Waals surface area contributed by atoms with E-state index in [4.69, 9.17) is 37.1 Å². The van der Waals surface area contributed by atoms with Crippen molar-refractivity contribution < 1.29 is 42.7 Å². The average molecular weight is 1010 g/mol. The SMILES string of the molecule is CC(N)=O.CNC(=O)C(CC(=O)c1ccc(OC(C)C)c(Cl)c1)Cc1ccc(-c2coc(C)n2)cc1.CNC(=O)C(CC(=O)c1ccc(OC(C)C)c(Cl)c1)Cc1ccc(C(=O)CBr)cc1. The summed E-state index contributed by atoms with van der Waals surface area (Å²) in [6.07, 6.45) is 2.50. The zero-order valence-corrected chi connectivity index (χ0v) is 41.4. The van der Waals surface area contributed by atoms with Gasteiger partial charge in [0.1, 0.15) is 23.5 Å². The molecule has 5 rings (SSSR count). The molecule has 3 amide bonds. The van der Waals surface area contributed by atoms with Crippen molar-refractivity contribution in [3.05, 3.63) is 135 Å². The van der Waals surface area contributed by atoms with Gasteiger partial charge in [0.25, 0.3) is 0 Å². The van der Waals surface area contributed by atoms with E-state index in [-0.39, 0.29) is 65.5 Å². The van der Waals surface area contributed by atoms with Gasteiger partial charge < -0.3 is 30.3 Å². The number of nitrogens with one attached hydrogen (secondary N) is 2. The zero-order valence-electron chi connectivity index (χ0n) is 38.3. The number of oxazole rings is 1. The molecule has 0 radical (unpaired) electrons.